The number of rotatable bonds is 3. The van der Waals surface area contributed by atoms with Crippen molar-refractivity contribution in [3.05, 3.63) is 35.9 Å². The van der Waals surface area contributed by atoms with Crippen molar-refractivity contribution in [3.63, 3.8) is 0 Å². The molecule has 0 aliphatic carbocycles. The Labute approximate surface area is 93.1 Å². The molecule has 1 N–H and O–H groups in total. The van der Waals surface area contributed by atoms with Crippen LogP contribution in [0.2, 0.25) is 0 Å². The van der Waals surface area contributed by atoms with Gasteiger partial charge in [0.05, 0.1) is 6.10 Å². The van der Waals surface area contributed by atoms with Crippen LogP contribution in [0.15, 0.2) is 30.3 Å². The summed E-state index contributed by atoms with van der Waals surface area (Å²) < 4.78 is 0. The van der Waals surface area contributed by atoms with Gasteiger partial charge in [0.25, 0.3) is 0 Å². The lowest BCUT2D eigenvalue weighted by atomic mass is 9.81. The van der Waals surface area contributed by atoms with Crippen LogP contribution in [0.4, 0.5) is 0 Å². The second-order valence-electron chi connectivity index (χ2n) is 5.60. The van der Waals surface area contributed by atoms with Gasteiger partial charge in [-0.15, -0.1) is 0 Å². The molecule has 0 spiro atoms. The highest BCUT2D eigenvalue weighted by Gasteiger charge is 2.22. The van der Waals surface area contributed by atoms with Gasteiger partial charge in [-0.25, -0.2) is 0 Å². The maximum Gasteiger partial charge on any atom is 0.0815 e. The molecule has 0 fully saturated rings. The van der Waals surface area contributed by atoms with Gasteiger partial charge in [-0.3, -0.25) is 0 Å². The summed E-state index contributed by atoms with van der Waals surface area (Å²) >= 11 is 0. The molecule has 1 rings (SSSR count). The third-order valence-electron chi connectivity index (χ3n) is 2.61. The Hall–Kier alpha value is -0.820. The largest absolute Gasteiger partial charge is 0.388 e. The van der Waals surface area contributed by atoms with Crippen molar-refractivity contribution >= 4 is 0 Å². The van der Waals surface area contributed by atoms with Crippen molar-refractivity contribution in [3.8, 4) is 0 Å². The Morgan fingerprint density at radius 2 is 1.67 bits per heavy atom. The summed E-state index contributed by atoms with van der Waals surface area (Å²) in [7, 11) is 0. The van der Waals surface area contributed by atoms with Gasteiger partial charge in [0, 0.05) is 0 Å². The fraction of sp³-hybridized carbons (Fsp3) is 0.571. The average molecular weight is 206 g/mol. The molecule has 0 radical (unpaired) electrons. The molecule has 1 aromatic carbocycles. The smallest absolute Gasteiger partial charge is 0.0815 e. The molecule has 0 aliphatic heterocycles. The molecule has 0 saturated heterocycles. The van der Waals surface area contributed by atoms with E-state index in [-0.39, 0.29) is 11.5 Å². The molecule has 0 amide bonds. The van der Waals surface area contributed by atoms with E-state index in [2.05, 4.69) is 27.7 Å². The third kappa shape index (κ3) is 4.05. The van der Waals surface area contributed by atoms with Crippen LogP contribution in [-0.2, 0) is 0 Å². The lowest BCUT2D eigenvalue weighted by molar-refractivity contribution is 0.0912. The normalized spacial score (nSPS) is 16.1. The summed E-state index contributed by atoms with van der Waals surface area (Å²) in [4.78, 5) is 0. The van der Waals surface area contributed by atoms with E-state index in [0.717, 1.165) is 12.0 Å². The van der Waals surface area contributed by atoms with Crippen LogP contribution in [-0.4, -0.2) is 5.11 Å². The van der Waals surface area contributed by atoms with E-state index >= 15 is 0 Å². The topological polar surface area (TPSA) is 20.2 Å². The van der Waals surface area contributed by atoms with Crippen molar-refractivity contribution in [2.75, 3.05) is 0 Å². The highest BCUT2D eigenvalue weighted by molar-refractivity contribution is 5.17. The zero-order valence-electron chi connectivity index (χ0n) is 10.2. The molecule has 1 heteroatoms. The van der Waals surface area contributed by atoms with Gasteiger partial charge in [0.15, 0.2) is 0 Å². The quantitative estimate of drug-likeness (QED) is 0.797. The summed E-state index contributed by atoms with van der Waals surface area (Å²) in [5, 5.41) is 10.2. The molecule has 1 aromatic rings. The minimum Gasteiger partial charge on any atom is -0.388 e. The van der Waals surface area contributed by atoms with E-state index < -0.39 is 0 Å². The predicted molar refractivity (Wildman–Crippen MR) is 64.6 cm³/mol. The number of hydrogen-bond donors (Lipinski definition) is 1. The predicted octanol–water partition coefficient (Wildman–Crippen LogP) is 3.79. The van der Waals surface area contributed by atoms with E-state index in [9.17, 15) is 5.11 Å². The Morgan fingerprint density at radius 3 is 2.13 bits per heavy atom. The fourth-order valence-electron chi connectivity index (χ4n) is 2.06. The highest BCUT2D eigenvalue weighted by Crippen LogP contribution is 2.32. The number of aliphatic hydroxyl groups excluding tert-OH is 1. The van der Waals surface area contributed by atoms with Crippen LogP contribution >= 0.6 is 0 Å². The Morgan fingerprint density at radius 1 is 1.13 bits per heavy atom. The first-order valence-electron chi connectivity index (χ1n) is 5.63. The zero-order valence-corrected chi connectivity index (χ0v) is 10.2. The lowest BCUT2D eigenvalue weighted by Gasteiger charge is -2.27. The van der Waals surface area contributed by atoms with Gasteiger partial charge in [0.1, 0.15) is 0 Å². The first kappa shape index (κ1) is 12.3. The molecule has 0 bridgehead atoms. The second kappa shape index (κ2) is 4.80. The number of benzene rings is 1. The van der Waals surface area contributed by atoms with E-state index in [1.807, 2.05) is 30.3 Å². The van der Waals surface area contributed by atoms with Gasteiger partial charge in [-0.1, -0.05) is 58.0 Å². The summed E-state index contributed by atoms with van der Waals surface area (Å²) in [6, 6.07) is 9.91. The van der Waals surface area contributed by atoms with Crippen molar-refractivity contribution in [1.29, 1.82) is 0 Å². The molecule has 84 valence electrons. The van der Waals surface area contributed by atoms with Crippen molar-refractivity contribution in [1.82, 2.24) is 0 Å². The Kier molecular flexibility index (Phi) is 3.92. The molecular formula is C14H22O. The van der Waals surface area contributed by atoms with Gasteiger partial charge < -0.3 is 5.11 Å². The van der Waals surface area contributed by atoms with E-state index in [1.165, 1.54) is 0 Å². The maximum atomic E-state index is 10.2. The highest BCUT2D eigenvalue weighted by atomic mass is 16.3. The van der Waals surface area contributed by atoms with Crippen molar-refractivity contribution < 1.29 is 5.11 Å². The van der Waals surface area contributed by atoms with Crippen LogP contribution in [0.25, 0.3) is 0 Å². The second-order valence-corrected chi connectivity index (χ2v) is 5.60. The fourth-order valence-corrected chi connectivity index (χ4v) is 2.06. The van der Waals surface area contributed by atoms with Gasteiger partial charge in [-0.2, -0.15) is 0 Å². The molecule has 2 unspecified atom stereocenters. The van der Waals surface area contributed by atoms with E-state index in [1.54, 1.807) is 0 Å². The number of hydrogen-bond acceptors (Lipinski definition) is 1. The molecule has 0 saturated carbocycles. The van der Waals surface area contributed by atoms with Crippen LogP contribution in [0.3, 0.4) is 0 Å². The number of aliphatic hydroxyl groups is 1. The monoisotopic (exact) mass is 206 g/mol. The van der Waals surface area contributed by atoms with Gasteiger partial charge in [-0.05, 0) is 23.3 Å². The Bertz CT molecular complexity index is 284. The molecule has 1 nitrogen and oxygen atoms in total. The first-order valence-corrected chi connectivity index (χ1v) is 5.63. The summed E-state index contributed by atoms with van der Waals surface area (Å²) in [6.07, 6.45) is 0.689. The standard InChI is InChI=1S/C14H22O/c1-11(10-14(2,3)4)13(15)12-8-6-5-7-9-12/h5-9,11,13,15H,10H2,1-4H3. The first-order chi connectivity index (χ1) is 6.90. The summed E-state index contributed by atoms with van der Waals surface area (Å²) in [5.74, 6) is 0.299. The molecule has 0 heterocycles. The van der Waals surface area contributed by atoms with Crippen LogP contribution in [0.5, 0.6) is 0 Å². The molecule has 0 aromatic heterocycles. The van der Waals surface area contributed by atoms with Crippen LogP contribution in [0, 0.1) is 11.3 Å². The maximum absolute atomic E-state index is 10.2. The third-order valence-corrected chi connectivity index (χ3v) is 2.61. The van der Waals surface area contributed by atoms with Crippen LogP contribution < -0.4 is 0 Å². The SMILES string of the molecule is CC(CC(C)(C)C)C(O)c1ccccc1. The van der Waals surface area contributed by atoms with Crippen LogP contribution in [0.1, 0.15) is 45.8 Å². The zero-order chi connectivity index (χ0) is 11.5. The lowest BCUT2D eigenvalue weighted by Crippen LogP contribution is -2.17. The average Bonchev–Trinajstić information content (AvgIpc) is 2.15. The minimum atomic E-state index is -0.342. The van der Waals surface area contributed by atoms with E-state index in [4.69, 9.17) is 0 Å². The summed E-state index contributed by atoms with van der Waals surface area (Å²) in [5.41, 5.74) is 1.30. The van der Waals surface area contributed by atoms with Crippen molar-refractivity contribution in [2.45, 2.75) is 40.2 Å². The van der Waals surface area contributed by atoms with Gasteiger partial charge in [0.2, 0.25) is 0 Å². The van der Waals surface area contributed by atoms with E-state index in [0.29, 0.717) is 5.92 Å². The Balaban J connectivity index is 2.65. The molecule has 15 heavy (non-hydrogen) atoms. The molecular weight excluding hydrogens is 184 g/mol. The summed E-state index contributed by atoms with van der Waals surface area (Å²) in [6.45, 7) is 8.74. The van der Waals surface area contributed by atoms with Crippen molar-refractivity contribution in [2.24, 2.45) is 11.3 Å². The minimum absolute atomic E-state index is 0.273. The molecule has 2 atom stereocenters. The molecule has 0 aliphatic rings. The van der Waals surface area contributed by atoms with Gasteiger partial charge >= 0.3 is 0 Å².